The van der Waals surface area contributed by atoms with E-state index in [-0.39, 0.29) is 0 Å². The molecule has 0 bridgehead atoms. The molecule has 90 valence electrons. The van der Waals surface area contributed by atoms with E-state index in [1.54, 1.807) is 12.3 Å². The molecule has 0 N–H and O–H groups in total. The molecule has 18 heavy (non-hydrogen) atoms. The zero-order valence-corrected chi connectivity index (χ0v) is 11.2. The highest BCUT2D eigenvalue weighted by Crippen LogP contribution is 2.25. The highest BCUT2D eigenvalue weighted by atomic mass is 35.5. The Bertz CT molecular complexity index is 714. The lowest BCUT2D eigenvalue weighted by atomic mass is 10.1. The van der Waals surface area contributed by atoms with E-state index in [4.69, 9.17) is 23.2 Å². The Hall–Kier alpha value is -1.51. The van der Waals surface area contributed by atoms with Crippen molar-refractivity contribution in [2.75, 3.05) is 0 Å². The van der Waals surface area contributed by atoms with E-state index in [0.717, 1.165) is 16.9 Å². The van der Waals surface area contributed by atoms with Gasteiger partial charge in [0.15, 0.2) is 5.65 Å². The van der Waals surface area contributed by atoms with Crippen LogP contribution in [0.3, 0.4) is 0 Å². The number of hydrogen-bond acceptors (Lipinski definition) is 1. The molecule has 0 aliphatic carbocycles. The predicted octanol–water partition coefficient (Wildman–Crippen LogP) is 4.62. The molecule has 0 fully saturated rings. The van der Waals surface area contributed by atoms with Crippen molar-refractivity contribution in [1.82, 2.24) is 9.38 Å². The van der Waals surface area contributed by atoms with Gasteiger partial charge < -0.3 is 4.40 Å². The Kier molecular flexibility index (Phi) is 2.77. The average molecular weight is 277 g/mol. The number of imidazole rings is 1. The zero-order chi connectivity index (χ0) is 12.7. The number of hydrogen-bond donors (Lipinski definition) is 0. The second-order valence-electron chi connectivity index (χ2n) is 4.23. The Morgan fingerprint density at radius 3 is 2.50 bits per heavy atom. The van der Waals surface area contributed by atoms with Gasteiger partial charge in [0.25, 0.3) is 0 Å². The summed E-state index contributed by atoms with van der Waals surface area (Å²) in [4.78, 5) is 4.53. The van der Waals surface area contributed by atoms with Crippen LogP contribution in [0, 0.1) is 6.92 Å². The minimum Gasteiger partial charge on any atom is -0.304 e. The van der Waals surface area contributed by atoms with Crippen molar-refractivity contribution in [2.24, 2.45) is 0 Å². The largest absolute Gasteiger partial charge is 0.304 e. The molecule has 0 aliphatic rings. The van der Waals surface area contributed by atoms with Gasteiger partial charge in [-0.15, -0.1) is 0 Å². The van der Waals surface area contributed by atoms with Gasteiger partial charge in [-0.3, -0.25) is 0 Å². The maximum Gasteiger partial charge on any atom is 0.156 e. The number of nitrogens with zero attached hydrogens (tertiary/aromatic N) is 2. The quantitative estimate of drug-likeness (QED) is 0.634. The van der Waals surface area contributed by atoms with E-state index < -0.39 is 0 Å². The van der Waals surface area contributed by atoms with Gasteiger partial charge in [-0.2, -0.15) is 0 Å². The lowest BCUT2D eigenvalue weighted by Crippen LogP contribution is -1.82. The third-order valence-corrected chi connectivity index (χ3v) is 3.31. The van der Waals surface area contributed by atoms with E-state index in [2.05, 4.69) is 24.0 Å². The molecule has 1 aromatic carbocycles. The second-order valence-corrected chi connectivity index (χ2v) is 5.07. The van der Waals surface area contributed by atoms with Crippen LogP contribution in [-0.4, -0.2) is 9.38 Å². The molecule has 0 saturated heterocycles. The van der Waals surface area contributed by atoms with E-state index >= 15 is 0 Å². The average Bonchev–Trinajstić information content (AvgIpc) is 2.74. The number of benzene rings is 1. The first-order valence-corrected chi connectivity index (χ1v) is 6.30. The molecular weight excluding hydrogens is 267 g/mol. The van der Waals surface area contributed by atoms with Crippen LogP contribution < -0.4 is 0 Å². The molecule has 2 nitrogen and oxygen atoms in total. The highest BCUT2D eigenvalue weighted by molar-refractivity contribution is 6.36. The summed E-state index contributed by atoms with van der Waals surface area (Å²) in [6, 6.07) is 9.92. The number of pyridine rings is 1. The molecule has 2 aromatic heterocycles. The van der Waals surface area contributed by atoms with Crippen LogP contribution in [0.25, 0.3) is 16.9 Å². The van der Waals surface area contributed by atoms with Gasteiger partial charge in [0.05, 0.1) is 15.7 Å². The molecular formula is C14H10Cl2N2. The summed E-state index contributed by atoms with van der Waals surface area (Å²) in [6.07, 6.45) is 3.73. The van der Waals surface area contributed by atoms with Gasteiger partial charge in [-0.25, -0.2) is 4.98 Å². The van der Waals surface area contributed by atoms with Crippen LogP contribution in [0.5, 0.6) is 0 Å². The number of aryl methyl sites for hydroxylation is 1. The van der Waals surface area contributed by atoms with Gasteiger partial charge in [-0.05, 0) is 13.0 Å². The van der Waals surface area contributed by atoms with E-state index in [1.807, 2.05) is 22.7 Å². The van der Waals surface area contributed by atoms with Crippen molar-refractivity contribution in [2.45, 2.75) is 6.92 Å². The third-order valence-electron chi connectivity index (χ3n) is 2.82. The maximum absolute atomic E-state index is 6.12. The van der Waals surface area contributed by atoms with Gasteiger partial charge >= 0.3 is 0 Å². The molecule has 3 aromatic rings. The minimum atomic E-state index is 0.556. The van der Waals surface area contributed by atoms with E-state index in [1.165, 1.54) is 5.56 Å². The predicted molar refractivity (Wildman–Crippen MR) is 75.4 cm³/mol. The molecule has 3 rings (SSSR count). The van der Waals surface area contributed by atoms with Crippen LogP contribution in [-0.2, 0) is 0 Å². The number of fused-ring (bicyclic) bond motifs is 1. The van der Waals surface area contributed by atoms with E-state index in [0.29, 0.717) is 10.0 Å². The van der Waals surface area contributed by atoms with Crippen molar-refractivity contribution >= 4 is 28.8 Å². The molecule has 0 atom stereocenters. The maximum atomic E-state index is 6.12. The number of aromatic nitrogens is 2. The molecule has 0 amide bonds. The first kappa shape index (κ1) is 11.6. The lowest BCUT2D eigenvalue weighted by Gasteiger charge is -1.96. The van der Waals surface area contributed by atoms with Crippen LogP contribution >= 0.6 is 23.2 Å². The zero-order valence-electron chi connectivity index (χ0n) is 9.69. The fourth-order valence-corrected chi connectivity index (χ4v) is 2.42. The molecule has 0 spiro atoms. The molecule has 2 heterocycles. The Morgan fingerprint density at radius 2 is 1.78 bits per heavy atom. The van der Waals surface area contributed by atoms with Gasteiger partial charge in [-0.1, -0.05) is 53.0 Å². The lowest BCUT2D eigenvalue weighted by molar-refractivity contribution is 1.19. The Morgan fingerprint density at radius 1 is 1.06 bits per heavy atom. The van der Waals surface area contributed by atoms with Crippen molar-refractivity contribution < 1.29 is 0 Å². The van der Waals surface area contributed by atoms with Crippen LogP contribution in [0.4, 0.5) is 0 Å². The molecule has 4 heteroatoms. The highest BCUT2D eigenvalue weighted by Gasteiger charge is 2.08. The first-order valence-electron chi connectivity index (χ1n) is 5.54. The van der Waals surface area contributed by atoms with Crippen LogP contribution in [0.15, 0.2) is 42.7 Å². The van der Waals surface area contributed by atoms with Crippen molar-refractivity contribution in [3.05, 3.63) is 58.3 Å². The second kappa shape index (κ2) is 4.30. The summed E-state index contributed by atoms with van der Waals surface area (Å²) in [5.74, 6) is 0. The van der Waals surface area contributed by atoms with Crippen molar-refractivity contribution in [3.63, 3.8) is 0 Å². The monoisotopic (exact) mass is 276 g/mol. The Labute approximate surface area is 115 Å². The standard InChI is InChI=1S/C14H10Cl2N2/c1-9-2-4-10(5-3-9)13-8-18-7-11(15)6-12(16)14(18)17-13/h2-8H,1H3. The normalized spacial score (nSPS) is 11.1. The third kappa shape index (κ3) is 1.98. The smallest absolute Gasteiger partial charge is 0.156 e. The summed E-state index contributed by atoms with van der Waals surface area (Å²) < 4.78 is 1.85. The minimum absolute atomic E-state index is 0.556. The Balaban J connectivity index is 2.19. The van der Waals surface area contributed by atoms with Crippen LogP contribution in [0.2, 0.25) is 10.0 Å². The molecule has 0 aliphatic heterocycles. The van der Waals surface area contributed by atoms with Crippen molar-refractivity contribution in [3.8, 4) is 11.3 Å². The van der Waals surface area contributed by atoms with Gasteiger partial charge in [0, 0.05) is 18.0 Å². The summed E-state index contributed by atoms with van der Waals surface area (Å²) >= 11 is 12.1. The number of rotatable bonds is 1. The SMILES string of the molecule is Cc1ccc(-c2cn3cc(Cl)cc(Cl)c3n2)cc1. The fourth-order valence-electron chi connectivity index (χ4n) is 1.89. The van der Waals surface area contributed by atoms with Gasteiger partial charge in [0.1, 0.15) is 0 Å². The summed E-state index contributed by atoms with van der Waals surface area (Å²) in [7, 11) is 0. The van der Waals surface area contributed by atoms with E-state index in [9.17, 15) is 0 Å². The summed E-state index contributed by atoms with van der Waals surface area (Å²) in [5, 5.41) is 1.15. The topological polar surface area (TPSA) is 17.3 Å². The molecule has 0 saturated carbocycles. The number of halogens is 2. The summed E-state index contributed by atoms with van der Waals surface area (Å²) in [6.45, 7) is 2.06. The molecule has 0 unspecified atom stereocenters. The fraction of sp³-hybridized carbons (Fsp3) is 0.0714. The first-order chi connectivity index (χ1) is 8.63. The van der Waals surface area contributed by atoms with Crippen molar-refractivity contribution in [1.29, 1.82) is 0 Å². The molecule has 0 radical (unpaired) electrons. The summed E-state index contributed by atoms with van der Waals surface area (Å²) in [5.41, 5.74) is 3.90. The van der Waals surface area contributed by atoms with Crippen LogP contribution in [0.1, 0.15) is 5.56 Å². The van der Waals surface area contributed by atoms with Gasteiger partial charge in [0.2, 0.25) is 0 Å².